The monoisotopic (exact) mass is 289 g/mol. The Morgan fingerprint density at radius 2 is 1.76 bits per heavy atom. The molecule has 9 heteroatoms. The quantitative estimate of drug-likeness (QED) is 0.612. The molecule has 0 radical (unpaired) electrons. The number of aromatic nitrogens is 3. The highest BCUT2D eigenvalue weighted by Crippen LogP contribution is 2.14. The molecule has 0 aliphatic heterocycles. The van der Waals surface area contributed by atoms with E-state index in [0.29, 0.717) is 24.5 Å². The van der Waals surface area contributed by atoms with Gasteiger partial charge < -0.3 is 22.1 Å². The van der Waals surface area contributed by atoms with Crippen LogP contribution in [0.5, 0.6) is 0 Å². The van der Waals surface area contributed by atoms with Crippen molar-refractivity contribution >= 4 is 23.3 Å². The SMILES string of the molecule is NCCn1cc(C(=O)Nc2ccc(NC(N)=O)cc2)nn1. The van der Waals surface area contributed by atoms with Crippen molar-refractivity contribution in [1.82, 2.24) is 15.0 Å². The second-order valence-corrected chi connectivity index (χ2v) is 4.18. The number of rotatable bonds is 5. The van der Waals surface area contributed by atoms with Crippen molar-refractivity contribution in [3.8, 4) is 0 Å². The number of carbonyl (C=O) groups excluding carboxylic acids is 2. The Bertz CT molecular complexity index is 635. The molecule has 0 aliphatic rings. The van der Waals surface area contributed by atoms with Gasteiger partial charge in [0.2, 0.25) is 0 Å². The van der Waals surface area contributed by atoms with Crippen molar-refractivity contribution in [3.63, 3.8) is 0 Å². The molecule has 0 atom stereocenters. The predicted octanol–water partition coefficient (Wildman–Crippen LogP) is -0.0203. The minimum Gasteiger partial charge on any atom is -0.351 e. The first-order chi connectivity index (χ1) is 10.1. The van der Waals surface area contributed by atoms with E-state index in [4.69, 9.17) is 11.5 Å². The Kier molecular flexibility index (Phi) is 4.46. The molecule has 1 heterocycles. The minimum atomic E-state index is -0.650. The lowest BCUT2D eigenvalue weighted by atomic mass is 10.2. The zero-order chi connectivity index (χ0) is 15.2. The van der Waals surface area contributed by atoms with E-state index >= 15 is 0 Å². The van der Waals surface area contributed by atoms with Crippen LogP contribution in [0.1, 0.15) is 10.5 Å². The fourth-order valence-corrected chi connectivity index (χ4v) is 1.62. The molecule has 0 aliphatic carbocycles. The summed E-state index contributed by atoms with van der Waals surface area (Å²) >= 11 is 0. The van der Waals surface area contributed by atoms with E-state index in [1.54, 1.807) is 24.3 Å². The number of nitrogens with two attached hydrogens (primary N) is 2. The van der Waals surface area contributed by atoms with Gasteiger partial charge >= 0.3 is 6.03 Å². The third kappa shape index (κ3) is 4.01. The standard InChI is InChI=1S/C12H15N7O2/c13-5-6-19-7-10(17-18-19)11(20)15-8-1-3-9(4-2-8)16-12(14)21/h1-4,7H,5-6,13H2,(H,15,20)(H3,14,16,21). The fourth-order valence-electron chi connectivity index (χ4n) is 1.62. The van der Waals surface area contributed by atoms with Crippen LogP contribution in [0, 0.1) is 0 Å². The maximum atomic E-state index is 11.9. The van der Waals surface area contributed by atoms with Gasteiger partial charge in [-0.2, -0.15) is 0 Å². The molecule has 110 valence electrons. The first-order valence-corrected chi connectivity index (χ1v) is 6.16. The summed E-state index contributed by atoms with van der Waals surface area (Å²) in [7, 11) is 0. The van der Waals surface area contributed by atoms with E-state index in [0.717, 1.165) is 0 Å². The van der Waals surface area contributed by atoms with Crippen LogP contribution in [0.3, 0.4) is 0 Å². The number of nitrogens with one attached hydrogen (secondary N) is 2. The van der Waals surface area contributed by atoms with E-state index in [1.807, 2.05) is 0 Å². The van der Waals surface area contributed by atoms with Gasteiger partial charge in [-0.3, -0.25) is 9.48 Å². The first kappa shape index (κ1) is 14.5. The van der Waals surface area contributed by atoms with Crippen LogP contribution in [0.15, 0.2) is 30.5 Å². The molecule has 2 aromatic rings. The van der Waals surface area contributed by atoms with Crippen LogP contribution >= 0.6 is 0 Å². The van der Waals surface area contributed by atoms with Crippen molar-refractivity contribution in [2.24, 2.45) is 11.5 Å². The molecule has 0 saturated heterocycles. The number of urea groups is 1. The third-order valence-corrected chi connectivity index (χ3v) is 2.54. The Morgan fingerprint density at radius 3 is 2.33 bits per heavy atom. The second kappa shape index (κ2) is 6.48. The van der Waals surface area contributed by atoms with E-state index in [9.17, 15) is 9.59 Å². The number of benzene rings is 1. The smallest absolute Gasteiger partial charge is 0.316 e. The summed E-state index contributed by atoms with van der Waals surface area (Å²) in [5, 5.41) is 12.6. The van der Waals surface area contributed by atoms with Gasteiger partial charge in [0.15, 0.2) is 5.69 Å². The van der Waals surface area contributed by atoms with E-state index in [-0.39, 0.29) is 11.6 Å². The van der Waals surface area contributed by atoms with Crippen LogP contribution in [0.4, 0.5) is 16.2 Å². The van der Waals surface area contributed by atoms with Gasteiger partial charge in [-0.1, -0.05) is 5.21 Å². The summed E-state index contributed by atoms with van der Waals surface area (Å²) in [6, 6.07) is 5.85. The van der Waals surface area contributed by atoms with E-state index in [1.165, 1.54) is 10.9 Å². The molecule has 0 bridgehead atoms. The molecule has 1 aromatic carbocycles. The molecule has 2 rings (SSSR count). The molecule has 9 nitrogen and oxygen atoms in total. The topological polar surface area (TPSA) is 141 Å². The average Bonchev–Trinajstić information content (AvgIpc) is 2.89. The summed E-state index contributed by atoms with van der Waals surface area (Å²) in [5.74, 6) is -0.381. The van der Waals surface area contributed by atoms with Crippen molar-refractivity contribution < 1.29 is 9.59 Å². The fraction of sp³-hybridized carbons (Fsp3) is 0.167. The van der Waals surface area contributed by atoms with Gasteiger partial charge in [-0.25, -0.2) is 4.79 Å². The summed E-state index contributed by atoms with van der Waals surface area (Å²) in [6.45, 7) is 0.909. The van der Waals surface area contributed by atoms with Gasteiger partial charge in [-0.05, 0) is 24.3 Å². The number of hydrogen-bond donors (Lipinski definition) is 4. The summed E-state index contributed by atoms with van der Waals surface area (Å²) in [6.07, 6.45) is 1.52. The molecule has 0 unspecified atom stereocenters. The van der Waals surface area contributed by atoms with E-state index < -0.39 is 6.03 Å². The molecule has 0 saturated carbocycles. The van der Waals surface area contributed by atoms with Crippen molar-refractivity contribution in [1.29, 1.82) is 0 Å². The highest BCUT2D eigenvalue weighted by molar-refractivity contribution is 6.02. The van der Waals surface area contributed by atoms with Crippen LogP contribution < -0.4 is 22.1 Å². The first-order valence-electron chi connectivity index (χ1n) is 6.16. The Hall–Kier alpha value is -2.94. The van der Waals surface area contributed by atoms with Crippen LogP contribution in [-0.4, -0.2) is 33.5 Å². The highest BCUT2D eigenvalue weighted by Gasteiger charge is 2.10. The number of amides is 3. The normalized spacial score (nSPS) is 10.1. The zero-order valence-electron chi connectivity index (χ0n) is 11.1. The Balaban J connectivity index is 1.99. The summed E-state index contributed by atoms with van der Waals surface area (Å²) in [5.41, 5.74) is 11.7. The molecule has 3 amide bonds. The lowest BCUT2D eigenvalue weighted by Crippen LogP contribution is -2.19. The van der Waals surface area contributed by atoms with Gasteiger partial charge in [-0.15, -0.1) is 5.10 Å². The third-order valence-electron chi connectivity index (χ3n) is 2.54. The molecule has 0 spiro atoms. The summed E-state index contributed by atoms with van der Waals surface area (Å²) < 4.78 is 1.49. The van der Waals surface area contributed by atoms with E-state index in [2.05, 4.69) is 20.9 Å². The largest absolute Gasteiger partial charge is 0.351 e. The van der Waals surface area contributed by atoms with Crippen LogP contribution in [0.25, 0.3) is 0 Å². The highest BCUT2D eigenvalue weighted by atomic mass is 16.2. The Labute approximate surface area is 120 Å². The average molecular weight is 289 g/mol. The number of carbonyl (C=O) groups is 2. The van der Waals surface area contributed by atoms with Gasteiger partial charge in [0, 0.05) is 17.9 Å². The molecule has 0 fully saturated rings. The predicted molar refractivity (Wildman–Crippen MR) is 76.7 cm³/mol. The number of nitrogens with zero attached hydrogens (tertiary/aromatic N) is 3. The van der Waals surface area contributed by atoms with Crippen molar-refractivity contribution in [2.75, 3.05) is 17.2 Å². The Morgan fingerprint density at radius 1 is 1.14 bits per heavy atom. The number of hydrogen-bond acceptors (Lipinski definition) is 5. The number of anilines is 2. The van der Waals surface area contributed by atoms with Gasteiger partial charge in [0.05, 0.1) is 12.7 Å². The maximum absolute atomic E-state index is 11.9. The maximum Gasteiger partial charge on any atom is 0.316 e. The minimum absolute atomic E-state index is 0.197. The van der Waals surface area contributed by atoms with Gasteiger partial charge in [0.25, 0.3) is 5.91 Å². The molecule has 6 N–H and O–H groups in total. The molecule has 21 heavy (non-hydrogen) atoms. The molecule has 1 aromatic heterocycles. The molecular formula is C12H15N7O2. The second-order valence-electron chi connectivity index (χ2n) is 4.18. The van der Waals surface area contributed by atoms with Crippen LogP contribution in [0.2, 0.25) is 0 Å². The van der Waals surface area contributed by atoms with Crippen molar-refractivity contribution in [2.45, 2.75) is 6.54 Å². The van der Waals surface area contributed by atoms with Crippen LogP contribution in [-0.2, 0) is 6.54 Å². The number of primary amides is 1. The lowest BCUT2D eigenvalue weighted by molar-refractivity contribution is 0.102. The molecular weight excluding hydrogens is 274 g/mol. The van der Waals surface area contributed by atoms with Crippen molar-refractivity contribution in [3.05, 3.63) is 36.2 Å². The lowest BCUT2D eigenvalue weighted by Gasteiger charge is -2.05. The summed E-state index contributed by atoms with van der Waals surface area (Å²) in [4.78, 5) is 22.6. The zero-order valence-corrected chi connectivity index (χ0v) is 11.1. The van der Waals surface area contributed by atoms with Gasteiger partial charge in [0.1, 0.15) is 0 Å².